The molecule has 3 heterocycles. The molecule has 29 heavy (non-hydrogen) atoms. The van der Waals surface area contributed by atoms with Crippen LogP contribution in [0.25, 0.3) is 4.96 Å². The summed E-state index contributed by atoms with van der Waals surface area (Å²) in [6, 6.07) is 5.68. The number of nitrogens with one attached hydrogen (secondary N) is 1. The minimum Gasteiger partial charge on any atom is -0.291 e. The molecule has 3 amide bonds. The van der Waals surface area contributed by atoms with E-state index in [-0.39, 0.29) is 11.9 Å². The van der Waals surface area contributed by atoms with Crippen molar-refractivity contribution >= 4 is 40.0 Å². The van der Waals surface area contributed by atoms with Gasteiger partial charge in [0.25, 0.3) is 17.8 Å². The van der Waals surface area contributed by atoms with Crippen molar-refractivity contribution in [3.8, 4) is 0 Å². The molecule has 4 rings (SSSR count). The molecule has 0 aliphatic carbocycles. The molecule has 0 radical (unpaired) electrons. The number of hydrogen-bond donors (Lipinski definition) is 1. The molecule has 150 valence electrons. The van der Waals surface area contributed by atoms with Gasteiger partial charge in [0.2, 0.25) is 10.9 Å². The average Bonchev–Trinajstić information content (AvgIpc) is 3.29. The number of rotatable bonds is 5. The van der Waals surface area contributed by atoms with Gasteiger partial charge >= 0.3 is 0 Å². The molecule has 0 saturated carbocycles. The number of thiazole rings is 1. The van der Waals surface area contributed by atoms with Gasteiger partial charge in [-0.3, -0.25) is 24.6 Å². The molecule has 1 aromatic carbocycles. The number of hydrogen-bond acceptors (Lipinski definition) is 6. The summed E-state index contributed by atoms with van der Waals surface area (Å²) in [6.07, 6.45) is 0.621. The maximum absolute atomic E-state index is 13.1. The van der Waals surface area contributed by atoms with Gasteiger partial charge in [-0.1, -0.05) is 43.7 Å². The van der Waals surface area contributed by atoms with Crippen LogP contribution in [0.1, 0.15) is 51.6 Å². The smallest absolute Gasteiger partial charge is 0.262 e. The summed E-state index contributed by atoms with van der Waals surface area (Å²) in [4.78, 5) is 46.2. The number of aromatic nitrogens is 3. The predicted octanol–water partition coefficient (Wildman–Crippen LogP) is 3.06. The zero-order chi connectivity index (χ0) is 20.9. The maximum Gasteiger partial charge on any atom is 0.262 e. The van der Waals surface area contributed by atoms with Crippen LogP contribution in [0.2, 0.25) is 0 Å². The minimum absolute atomic E-state index is 0.161. The van der Waals surface area contributed by atoms with E-state index in [4.69, 9.17) is 0 Å². The first-order chi connectivity index (χ1) is 13.8. The third kappa shape index (κ3) is 3.02. The Morgan fingerprint density at radius 2 is 1.79 bits per heavy atom. The summed E-state index contributed by atoms with van der Waals surface area (Å²) in [7, 11) is 0. The van der Waals surface area contributed by atoms with Crippen molar-refractivity contribution in [3.63, 3.8) is 0 Å². The number of amides is 3. The summed E-state index contributed by atoms with van der Waals surface area (Å²) in [5.74, 6) is -1.44. The van der Waals surface area contributed by atoms with Crippen LogP contribution in [0.5, 0.6) is 0 Å². The van der Waals surface area contributed by atoms with E-state index in [9.17, 15) is 14.4 Å². The molecule has 1 aliphatic heterocycles. The van der Waals surface area contributed by atoms with Crippen molar-refractivity contribution in [1.82, 2.24) is 19.5 Å². The second-order valence-electron chi connectivity index (χ2n) is 7.22. The Kier molecular flexibility index (Phi) is 4.70. The molecular weight excluding hydrogens is 390 g/mol. The van der Waals surface area contributed by atoms with E-state index in [1.807, 2.05) is 27.7 Å². The molecule has 3 aromatic rings. The standard InChI is InChI=1S/C20H21N5O3S/c1-5-10(2)15(24-17(27)13-8-6-7-9-14(13)18(24)28)16(26)21-19-22-20-25(23-19)11(3)12(4)29-20/h6-10,15H,5H2,1-4H3,(H,21,23,26). The van der Waals surface area contributed by atoms with E-state index < -0.39 is 23.8 Å². The van der Waals surface area contributed by atoms with Crippen molar-refractivity contribution in [2.75, 3.05) is 5.32 Å². The molecule has 0 saturated heterocycles. The molecule has 0 fully saturated rings. The molecule has 1 N–H and O–H groups in total. The lowest BCUT2D eigenvalue weighted by atomic mass is 9.96. The summed E-state index contributed by atoms with van der Waals surface area (Å²) in [5, 5.41) is 7.04. The molecule has 2 atom stereocenters. The second-order valence-corrected chi connectivity index (χ2v) is 8.40. The van der Waals surface area contributed by atoms with E-state index >= 15 is 0 Å². The molecule has 0 spiro atoms. The second kappa shape index (κ2) is 7.07. The fraction of sp³-hybridized carbons (Fsp3) is 0.350. The Morgan fingerprint density at radius 3 is 2.34 bits per heavy atom. The zero-order valence-corrected chi connectivity index (χ0v) is 17.4. The summed E-state index contributed by atoms with van der Waals surface area (Å²) < 4.78 is 1.68. The highest BCUT2D eigenvalue weighted by Gasteiger charge is 2.44. The van der Waals surface area contributed by atoms with E-state index in [2.05, 4.69) is 15.4 Å². The molecule has 9 heteroatoms. The maximum atomic E-state index is 13.1. The number of imide groups is 1. The lowest BCUT2D eigenvalue weighted by Gasteiger charge is -2.29. The van der Waals surface area contributed by atoms with E-state index in [1.54, 1.807) is 28.8 Å². The van der Waals surface area contributed by atoms with Gasteiger partial charge in [0.15, 0.2) is 0 Å². The lowest BCUT2D eigenvalue weighted by molar-refractivity contribution is -0.121. The summed E-state index contributed by atoms with van der Waals surface area (Å²) >= 11 is 1.48. The zero-order valence-electron chi connectivity index (χ0n) is 16.6. The van der Waals surface area contributed by atoms with E-state index in [0.717, 1.165) is 15.5 Å². The molecular formula is C20H21N5O3S. The van der Waals surface area contributed by atoms with E-state index in [0.29, 0.717) is 22.5 Å². The first-order valence-corrected chi connectivity index (χ1v) is 10.3. The minimum atomic E-state index is -0.947. The van der Waals surface area contributed by atoms with Gasteiger partial charge in [0, 0.05) is 4.88 Å². The van der Waals surface area contributed by atoms with Crippen molar-refractivity contribution < 1.29 is 14.4 Å². The monoisotopic (exact) mass is 411 g/mol. The Balaban J connectivity index is 1.65. The van der Waals surface area contributed by atoms with Crippen LogP contribution in [0.4, 0.5) is 5.95 Å². The van der Waals surface area contributed by atoms with E-state index in [1.165, 1.54) is 11.3 Å². The quantitative estimate of drug-likeness (QED) is 0.651. The Hall–Kier alpha value is -3.07. The number of carbonyl (C=O) groups is 3. The van der Waals surface area contributed by atoms with Crippen LogP contribution < -0.4 is 5.32 Å². The fourth-order valence-corrected chi connectivity index (χ4v) is 4.40. The topological polar surface area (TPSA) is 96.7 Å². The highest BCUT2D eigenvalue weighted by Crippen LogP contribution is 2.29. The van der Waals surface area contributed by atoms with Crippen LogP contribution in [-0.2, 0) is 4.79 Å². The first-order valence-electron chi connectivity index (χ1n) is 9.44. The van der Waals surface area contributed by atoms with Crippen LogP contribution in [0.3, 0.4) is 0 Å². The van der Waals surface area contributed by atoms with Gasteiger partial charge in [-0.05, 0) is 31.9 Å². The van der Waals surface area contributed by atoms with Crippen molar-refractivity contribution in [3.05, 3.63) is 46.0 Å². The molecule has 8 nitrogen and oxygen atoms in total. The number of anilines is 1. The number of aryl methyl sites for hydroxylation is 2. The number of nitrogens with zero attached hydrogens (tertiary/aromatic N) is 4. The summed E-state index contributed by atoms with van der Waals surface area (Å²) in [5.41, 5.74) is 1.60. The fourth-order valence-electron chi connectivity index (χ4n) is 3.49. The molecule has 1 aliphatic rings. The Morgan fingerprint density at radius 1 is 1.17 bits per heavy atom. The largest absolute Gasteiger partial charge is 0.291 e. The molecule has 2 aromatic heterocycles. The van der Waals surface area contributed by atoms with Crippen molar-refractivity contribution in [2.24, 2.45) is 5.92 Å². The van der Waals surface area contributed by atoms with Crippen LogP contribution in [0, 0.1) is 19.8 Å². The number of fused-ring (bicyclic) bond motifs is 2. The SMILES string of the molecule is CCC(C)C(C(=O)Nc1nc2sc(C)c(C)n2n1)N1C(=O)c2ccccc2C1=O. The van der Waals surface area contributed by atoms with Crippen LogP contribution in [-0.4, -0.2) is 43.3 Å². The van der Waals surface area contributed by atoms with Crippen molar-refractivity contribution in [2.45, 2.75) is 40.2 Å². The number of benzene rings is 1. The van der Waals surface area contributed by atoms with Gasteiger partial charge in [0.1, 0.15) is 6.04 Å². The number of carbonyl (C=O) groups excluding carboxylic acids is 3. The first kappa shape index (κ1) is 19.3. The molecule has 2 unspecified atom stereocenters. The van der Waals surface area contributed by atoms with Crippen LogP contribution in [0.15, 0.2) is 24.3 Å². The predicted molar refractivity (Wildman–Crippen MR) is 109 cm³/mol. The van der Waals surface area contributed by atoms with Gasteiger partial charge in [0.05, 0.1) is 16.8 Å². The third-order valence-corrected chi connectivity index (χ3v) is 6.49. The molecule has 0 bridgehead atoms. The third-order valence-electron chi connectivity index (χ3n) is 5.44. The van der Waals surface area contributed by atoms with Gasteiger partial charge in [-0.25, -0.2) is 4.52 Å². The highest BCUT2D eigenvalue weighted by molar-refractivity contribution is 7.17. The van der Waals surface area contributed by atoms with Gasteiger partial charge in [-0.15, -0.1) is 5.10 Å². The van der Waals surface area contributed by atoms with Crippen LogP contribution >= 0.6 is 11.3 Å². The highest BCUT2D eigenvalue weighted by atomic mass is 32.1. The van der Waals surface area contributed by atoms with Gasteiger partial charge < -0.3 is 0 Å². The lowest BCUT2D eigenvalue weighted by Crippen LogP contribution is -2.50. The van der Waals surface area contributed by atoms with Crippen molar-refractivity contribution in [1.29, 1.82) is 0 Å². The summed E-state index contributed by atoms with van der Waals surface area (Å²) in [6.45, 7) is 7.68. The average molecular weight is 411 g/mol. The Bertz CT molecular complexity index is 1110. The normalized spacial score (nSPS) is 15.7. The van der Waals surface area contributed by atoms with Gasteiger partial charge in [-0.2, -0.15) is 4.98 Å². The Labute approximate surface area is 171 Å².